The van der Waals surface area contributed by atoms with Crippen LogP contribution in [0.15, 0.2) is 23.1 Å². The first kappa shape index (κ1) is 23.0. The standard InChI is InChI=1S/C22H32N4O5S/c1-2-8-23-11-13-24(14-12-23)21(27)16-26-19-15-18(6-7-20(19)31-17-22(26)28)32(29,30)25-9-4-3-5-10-25/h6-7,15H,2-5,8-14,16-17H2,1H3. The van der Waals surface area contributed by atoms with Gasteiger partial charge in [0, 0.05) is 39.3 Å². The van der Waals surface area contributed by atoms with Crippen molar-refractivity contribution in [2.45, 2.75) is 37.5 Å². The number of piperidine rings is 1. The van der Waals surface area contributed by atoms with Gasteiger partial charge in [0.1, 0.15) is 12.3 Å². The maximum atomic E-state index is 13.1. The molecule has 2 fully saturated rings. The van der Waals surface area contributed by atoms with Crippen LogP contribution in [0, 0.1) is 0 Å². The van der Waals surface area contributed by atoms with Crippen LogP contribution in [0.25, 0.3) is 0 Å². The van der Waals surface area contributed by atoms with Crippen LogP contribution in [0.5, 0.6) is 5.75 Å². The van der Waals surface area contributed by atoms with Gasteiger partial charge >= 0.3 is 0 Å². The molecule has 0 N–H and O–H groups in total. The highest BCUT2D eigenvalue weighted by Crippen LogP contribution is 2.35. The first-order valence-electron chi connectivity index (χ1n) is 11.5. The number of amides is 2. The predicted octanol–water partition coefficient (Wildman–Crippen LogP) is 1.14. The molecule has 3 aliphatic rings. The van der Waals surface area contributed by atoms with Crippen LogP contribution in [-0.4, -0.2) is 93.3 Å². The molecule has 0 bridgehead atoms. The van der Waals surface area contributed by atoms with E-state index in [4.69, 9.17) is 4.74 Å². The van der Waals surface area contributed by atoms with Gasteiger partial charge in [0.05, 0.1) is 10.6 Å². The van der Waals surface area contributed by atoms with Gasteiger partial charge in [0.15, 0.2) is 6.61 Å². The van der Waals surface area contributed by atoms with Gasteiger partial charge in [-0.15, -0.1) is 0 Å². The number of hydrogen-bond acceptors (Lipinski definition) is 6. The highest BCUT2D eigenvalue weighted by Gasteiger charge is 2.33. The summed E-state index contributed by atoms with van der Waals surface area (Å²) in [5.74, 6) is -0.0580. The summed E-state index contributed by atoms with van der Waals surface area (Å²) in [5.41, 5.74) is 0.345. The molecule has 1 aromatic rings. The van der Waals surface area contributed by atoms with Gasteiger partial charge in [-0.25, -0.2) is 8.42 Å². The molecule has 0 unspecified atom stereocenters. The van der Waals surface area contributed by atoms with Crippen molar-refractivity contribution in [2.24, 2.45) is 0 Å². The van der Waals surface area contributed by atoms with Crippen molar-refractivity contribution in [3.63, 3.8) is 0 Å². The average Bonchev–Trinajstić information content (AvgIpc) is 2.81. The number of hydrogen-bond donors (Lipinski definition) is 0. The lowest BCUT2D eigenvalue weighted by atomic mass is 10.2. The second kappa shape index (κ2) is 9.76. The molecule has 2 saturated heterocycles. The van der Waals surface area contributed by atoms with Crippen LogP contribution in [0.2, 0.25) is 0 Å². The van der Waals surface area contributed by atoms with E-state index in [1.165, 1.54) is 21.3 Å². The van der Waals surface area contributed by atoms with E-state index in [1.54, 1.807) is 11.0 Å². The number of nitrogens with zero attached hydrogens (tertiary/aromatic N) is 4. The number of carbonyl (C=O) groups excluding carboxylic acids is 2. The fourth-order valence-corrected chi connectivity index (χ4v) is 6.08. The van der Waals surface area contributed by atoms with Gasteiger partial charge in [-0.2, -0.15) is 4.31 Å². The molecule has 1 aromatic carbocycles. The molecule has 176 valence electrons. The van der Waals surface area contributed by atoms with Gasteiger partial charge in [0.25, 0.3) is 5.91 Å². The Morgan fingerprint density at radius 3 is 2.44 bits per heavy atom. The summed E-state index contributed by atoms with van der Waals surface area (Å²) in [6.07, 6.45) is 3.80. The molecule has 0 radical (unpaired) electrons. The second-order valence-corrected chi connectivity index (χ2v) is 10.5. The summed E-state index contributed by atoms with van der Waals surface area (Å²) in [4.78, 5) is 31.2. The van der Waals surface area contributed by atoms with Crippen LogP contribution in [0.1, 0.15) is 32.6 Å². The summed E-state index contributed by atoms with van der Waals surface area (Å²) in [7, 11) is -3.66. The summed E-state index contributed by atoms with van der Waals surface area (Å²) >= 11 is 0. The Morgan fingerprint density at radius 2 is 1.75 bits per heavy atom. The quantitative estimate of drug-likeness (QED) is 0.627. The average molecular weight is 465 g/mol. The van der Waals surface area contributed by atoms with E-state index in [0.717, 1.165) is 45.3 Å². The normalized spacial score (nSPS) is 20.7. The van der Waals surface area contributed by atoms with Crippen LogP contribution in [-0.2, 0) is 19.6 Å². The van der Waals surface area contributed by atoms with E-state index < -0.39 is 10.0 Å². The van der Waals surface area contributed by atoms with E-state index in [-0.39, 0.29) is 29.9 Å². The number of rotatable bonds is 6. The van der Waals surface area contributed by atoms with Crippen LogP contribution >= 0.6 is 0 Å². The zero-order valence-corrected chi connectivity index (χ0v) is 19.5. The minimum Gasteiger partial charge on any atom is -0.482 e. The lowest BCUT2D eigenvalue weighted by molar-refractivity contribution is -0.133. The minimum absolute atomic E-state index is 0.115. The van der Waals surface area contributed by atoms with Gasteiger partial charge in [-0.1, -0.05) is 13.3 Å². The molecular weight excluding hydrogens is 432 g/mol. The van der Waals surface area contributed by atoms with Crippen molar-refractivity contribution in [2.75, 3.05) is 63.9 Å². The topological polar surface area (TPSA) is 90.5 Å². The zero-order chi connectivity index (χ0) is 22.7. The number of carbonyl (C=O) groups is 2. The Balaban J connectivity index is 1.52. The van der Waals surface area contributed by atoms with E-state index >= 15 is 0 Å². The Morgan fingerprint density at radius 1 is 1.03 bits per heavy atom. The molecule has 0 aromatic heterocycles. The predicted molar refractivity (Wildman–Crippen MR) is 120 cm³/mol. The lowest BCUT2D eigenvalue weighted by Gasteiger charge is -2.36. The van der Waals surface area contributed by atoms with Crippen molar-refractivity contribution in [1.82, 2.24) is 14.1 Å². The molecule has 3 heterocycles. The summed E-state index contributed by atoms with van der Waals surface area (Å²) in [6.45, 7) is 6.80. The Bertz CT molecular complexity index is 953. The molecule has 4 rings (SSSR count). The fourth-order valence-electron chi connectivity index (χ4n) is 4.54. The fraction of sp³-hybridized carbons (Fsp3) is 0.636. The van der Waals surface area contributed by atoms with Crippen molar-refractivity contribution in [3.8, 4) is 5.75 Å². The third-order valence-electron chi connectivity index (χ3n) is 6.38. The summed E-state index contributed by atoms with van der Waals surface area (Å²) in [6, 6.07) is 4.58. The molecule has 0 aliphatic carbocycles. The number of piperazine rings is 1. The van der Waals surface area contributed by atoms with Crippen molar-refractivity contribution in [1.29, 1.82) is 0 Å². The van der Waals surface area contributed by atoms with Crippen molar-refractivity contribution < 1.29 is 22.7 Å². The van der Waals surface area contributed by atoms with Crippen LogP contribution in [0.4, 0.5) is 5.69 Å². The molecule has 2 amide bonds. The molecule has 0 atom stereocenters. The van der Waals surface area contributed by atoms with E-state index in [9.17, 15) is 18.0 Å². The van der Waals surface area contributed by atoms with Crippen molar-refractivity contribution >= 4 is 27.5 Å². The van der Waals surface area contributed by atoms with Crippen LogP contribution in [0.3, 0.4) is 0 Å². The molecule has 9 nitrogen and oxygen atoms in total. The van der Waals surface area contributed by atoms with E-state index in [2.05, 4.69) is 11.8 Å². The Labute approximate surface area is 189 Å². The van der Waals surface area contributed by atoms with E-state index in [1.807, 2.05) is 0 Å². The van der Waals surface area contributed by atoms with E-state index in [0.29, 0.717) is 37.6 Å². The van der Waals surface area contributed by atoms with Gasteiger partial charge in [-0.3, -0.25) is 19.4 Å². The monoisotopic (exact) mass is 464 g/mol. The molecule has 3 aliphatic heterocycles. The Hall–Kier alpha value is -2.17. The first-order valence-corrected chi connectivity index (χ1v) is 12.9. The zero-order valence-electron chi connectivity index (χ0n) is 18.7. The second-order valence-electron chi connectivity index (χ2n) is 8.59. The first-order chi connectivity index (χ1) is 15.4. The lowest BCUT2D eigenvalue weighted by Crippen LogP contribution is -2.52. The van der Waals surface area contributed by atoms with Crippen LogP contribution < -0.4 is 9.64 Å². The third kappa shape index (κ3) is 4.77. The maximum Gasteiger partial charge on any atom is 0.265 e. The highest BCUT2D eigenvalue weighted by molar-refractivity contribution is 7.89. The molecule has 0 saturated carbocycles. The van der Waals surface area contributed by atoms with Gasteiger partial charge in [-0.05, 0) is 44.0 Å². The smallest absolute Gasteiger partial charge is 0.265 e. The number of fused-ring (bicyclic) bond motifs is 1. The molecule has 32 heavy (non-hydrogen) atoms. The minimum atomic E-state index is -3.66. The number of anilines is 1. The highest BCUT2D eigenvalue weighted by atomic mass is 32.2. The molecule has 0 spiro atoms. The number of sulfonamides is 1. The van der Waals surface area contributed by atoms with Gasteiger partial charge in [0.2, 0.25) is 15.9 Å². The van der Waals surface area contributed by atoms with Crippen molar-refractivity contribution in [3.05, 3.63) is 18.2 Å². The third-order valence-corrected chi connectivity index (χ3v) is 8.28. The number of ether oxygens (including phenoxy) is 1. The molecule has 10 heteroatoms. The maximum absolute atomic E-state index is 13.1. The molecular formula is C22H32N4O5S. The summed E-state index contributed by atoms with van der Waals surface area (Å²) in [5, 5.41) is 0. The summed E-state index contributed by atoms with van der Waals surface area (Å²) < 4.78 is 33.2. The Kier molecular flexibility index (Phi) is 7.02. The number of benzene rings is 1. The largest absolute Gasteiger partial charge is 0.482 e. The SMILES string of the molecule is CCCN1CCN(C(=O)CN2C(=O)COc3ccc(S(=O)(=O)N4CCCCC4)cc32)CC1. The van der Waals surface area contributed by atoms with Gasteiger partial charge < -0.3 is 9.64 Å².